The van der Waals surface area contributed by atoms with Crippen LogP contribution in [0.25, 0.3) is 0 Å². The Morgan fingerprint density at radius 1 is 1.00 bits per heavy atom. The van der Waals surface area contributed by atoms with E-state index >= 15 is 0 Å². The van der Waals surface area contributed by atoms with Crippen LogP contribution in [0.1, 0.15) is 51.9 Å². The zero-order valence-electron chi connectivity index (χ0n) is 11.0. The Balaban J connectivity index is 1.85. The van der Waals surface area contributed by atoms with Gasteiger partial charge in [-0.15, -0.1) is 0 Å². The second-order valence-corrected chi connectivity index (χ2v) is 8.42. The van der Waals surface area contributed by atoms with E-state index in [0.717, 1.165) is 31.6 Å². The van der Waals surface area contributed by atoms with Crippen molar-refractivity contribution >= 4 is 9.84 Å². The van der Waals surface area contributed by atoms with Crippen molar-refractivity contribution in [3.05, 3.63) is 0 Å². The van der Waals surface area contributed by atoms with Crippen LogP contribution >= 0.6 is 0 Å². The van der Waals surface area contributed by atoms with Gasteiger partial charge in [0, 0.05) is 18.3 Å². The third-order valence-corrected chi connectivity index (χ3v) is 6.04. The molecule has 2 aliphatic rings. The predicted molar refractivity (Wildman–Crippen MR) is 70.8 cm³/mol. The van der Waals surface area contributed by atoms with E-state index < -0.39 is 9.84 Å². The molecule has 100 valence electrons. The van der Waals surface area contributed by atoms with Crippen molar-refractivity contribution in [3.8, 4) is 0 Å². The molecule has 2 aliphatic carbocycles. The first-order valence-electron chi connectivity index (χ1n) is 6.90. The smallest absolute Gasteiger partial charge is 0.150 e. The first-order valence-corrected chi connectivity index (χ1v) is 8.85. The van der Waals surface area contributed by atoms with Gasteiger partial charge in [-0.1, -0.05) is 13.3 Å². The Morgan fingerprint density at radius 3 is 2.29 bits per heavy atom. The van der Waals surface area contributed by atoms with Gasteiger partial charge in [0.1, 0.15) is 9.84 Å². The molecule has 2 saturated carbocycles. The van der Waals surface area contributed by atoms with Crippen molar-refractivity contribution in [1.29, 1.82) is 0 Å². The third-order valence-electron chi connectivity index (χ3n) is 4.40. The van der Waals surface area contributed by atoms with Gasteiger partial charge in [0.15, 0.2) is 0 Å². The van der Waals surface area contributed by atoms with Crippen LogP contribution in [0.3, 0.4) is 0 Å². The minimum absolute atomic E-state index is 0.104. The average Bonchev–Trinajstić information content (AvgIpc) is 2.63. The second kappa shape index (κ2) is 5.27. The van der Waals surface area contributed by atoms with Gasteiger partial charge in [-0.2, -0.15) is 0 Å². The largest absolute Gasteiger partial charge is 0.311 e. The van der Waals surface area contributed by atoms with Gasteiger partial charge in [-0.05, 0) is 44.4 Å². The lowest BCUT2D eigenvalue weighted by Gasteiger charge is -2.31. The normalized spacial score (nSPS) is 39.4. The van der Waals surface area contributed by atoms with Crippen LogP contribution in [0, 0.1) is 5.92 Å². The minimum atomic E-state index is -2.84. The fraction of sp³-hybridized carbons (Fsp3) is 1.00. The number of nitrogens with one attached hydrogen (secondary N) is 1. The number of sulfone groups is 1. The summed E-state index contributed by atoms with van der Waals surface area (Å²) in [6.45, 7) is 2.31. The molecule has 0 bridgehead atoms. The lowest BCUT2D eigenvalue weighted by Crippen LogP contribution is -2.42. The van der Waals surface area contributed by atoms with E-state index in [4.69, 9.17) is 0 Å². The van der Waals surface area contributed by atoms with Gasteiger partial charge in [0.05, 0.1) is 5.25 Å². The minimum Gasteiger partial charge on any atom is -0.311 e. The maximum atomic E-state index is 11.6. The molecule has 0 aliphatic heterocycles. The maximum Gasteiger partial charge on any atom is 0.150 e. The summed E-state index contributed by atoms with van der Waals surface area (Å²) in [7, 11) is -2.84. The Kier molecular flexibility index (Phi) is 4.14. The summed E-state index contributed by atoms with van der Waals surface area (Å²) in [5, 5.41) is 3.58. The van der Waals surface area contributed by atoms with Crippen molar-refractivity contribution < 1.29 is 8.42 Å². The number of hydrogen-bond acceptors (Lipinski definition) is 3. The summed E-state index contributed by atoms with van der Waals surface area (Å²) >= 11 is 0. The molecule has 0 spiro atoms. The molecule has 4 atom stereocenters. The average molecular weight is 259 g/mol. The Labute approximate surface area is 105 Å². The Hall–Kier alpha value is -0.0900. The van der Waals surface area contributed by atoms with Crippen LogP contribution in [0.15, 0.2) is 0 Å². The van der Waals surface area contributed by atoms with E-state index in [0.29, 0.717) is 12.1 Å². The first-order chi connectivity index (χ1) is 7.95. The van der Waals surface area contributed by atoms with Crippen LogP contribution in [-0.4, -0.2) is 32.0 Å². The highest BCUT2D eigenvalue weighted by Gasteiger charge is 2.31. The van der Waals surface area contributed by atoms with E-state index in [1.54, 1.807) is 0 Å². The van der Waals surface area contributed by atoms with Crippen LogP contribution in [0.4, 0.5) is 0 Å². The fourth-order valence-corrected chi connectivity index (χ4v) is 4.55. The van der Waals surface area contributed by atoms with Gasteiger partial charge in [0.25, 0.3) is 0 Å². The molecule has 4 unspecified atom stereocenters. The summed E-state index contributed by atoms with van der Waals surface area (Å²) in [5.74, 6) is 0.835. The molecule has 1 N–H and O–H groups in total. The van der Waals surface area contributed by atoms with Gasteiger partial charge in [-0.25, -0.2) is 8.42 Å². The van der Waals surface area contributed by atoms with Crippen LogP contribution in [0.2, 0.25) is 0 Å². The molecule has 2 fully saturated rings. The van der Waals surface area contributed by atoms with Crippen molar-refractivity contribution in [2.45, 2.75) is 69.2 Å². The summed E-state index contributed by atoms with van der Waals surface area (Å²) in [6.07, 6.45) is 9.12. The highest BCUT2D eigenvalue weighted by atomic mass is 32.2. The van der Waals surface area contributed by atoms with Crippen molar-refractivity contribution in [3.63, 3.8) is 0 Å². The lowest BCUT2D eigenvalue weighted by molar-refractivity contribution is 0.334. The predicted octanol–water partition coefficient (Wildman–Crippen LogP) is 2.12. The van der Waals surface area contributed by atoms with E-state index in [1.807, 2.05) is 0 Å². The standard InChI is InChI=1S/C13H25NO2S/c1-10-6-7-12(8-10)14-11-4-3-5-13(9-11)17(2,15)16/h10-14H,3-9H2,1-2H3. The fourth-order valence-electron chi connectivity index (χ4n) is 3.38. The van der Waals surface area contributed by atoms with E-state index in [-0.39, 0.29) is 5.25 Å². The third kappa shape index (κ3) is 3.68. The molecule has 2 rings (SSSR count). The first kappa shape index (κ1) is 13.3. The van der Waals surface area contributed by atoms with Crippen LogP contribution in [0.5, 0.6) is 0 Å². The summed E-state index contributed by atoms with van der Waals surface area (Å²) in [4.78, 5) is 0. The van der Waals surface area contributed by atoms with E-state index in [1.165, 1.54) is 25.5 Å². The molecular weight excluding hydrogens is 234 g/mol. The molecule has 4 heteroatoms. The molecule has 0 aromatic heterocycles. The highest BCUT2D eigenvalue weighted by Crippen LogP contribution is 2.28. The Bertz CT molecular complexity index is 352. The van der Waals surface area contributed by atoms with Crippen LogP contribution in [-0.2, 0) is 9.84 Å². The van der Waals surface area contributed by atoms with Gasteiger partial charge >= 0.3 is 0 Å². The van der Waals surface area contributed by atoms with Crippen molar-refractivity contribution in [1.82, 2.24) is 5.32 Å². The topological polar surface area (TPSA) is 46.2 Å². The summed E-state index contributed by atoms with van der Waals surface area (Å²) < 4.78 is 23.2. The zero-order valence-corrected chi connectivity index (χ0v) is 11.8. The molecule has 0 aromatic carbocycles. The molecular formula is C13H25NO2S. The second-order valence-electron chi connectivity index (χ2n) is 6.10. The Morgan fingerprint density at radius 2 is 1.71 bits per heavy atom. The lowest BCUT2D eigenvalue weighted by atomic mass is 9.94. The van der Waals surface area contributed by atoms with Gasteiger partial charge in [0.2, 0.25) is 0 Å². The SMILES string of the molecule is CC1CCC(NC2CCCC(S(C)(=O)=O)C2)C1. The van der Waals surface area contributed by atoms with Crippen molar-refractivity contribution in [2.75, 3.05) is 6.26 Å². The van der Waals surface area contributed by atoms with E-state index in [2.05, 4.69) is 12.2 Å². The highest BCUT2D eigenvalue weighted by molar-refractivity contribution is 7.91. The molecule has 0 amide bonds. The molecule has 0 aromatic rings. The van der Waals surface area contributed by atoms with E-state index in [9.17, 15) is 8.42 Å². The zero-order chi connectivity index (χ0) is 12.5. The number of hydrogen-bond donors (Lipinski definition) is 1. The quantitative estimate of drug-likeness (QED) is 0.844. The van der Waals surface area contributed by atoms with Crippen molar-refractivity contribution in [2.24, 2.45) is 5.92 Å². The molecule has 0 saturated heterocycles. The molecule has 3 nitrogen and oxygen atoms in total. The molecule has 0 radical (unpaired) electrons. The monoisotopic (exact) mass is 259 g/mol. The van der Waals surface area contributed by atoms with Gasteiger partial charge in [-0.3, -0.25) is 0 Å². The molecule has 17 heavy (non-hydrogen) atoms. The molecule has 0 heterocycles. The maximum absolute atomic E-state index is 11.6. The van der Waals surface area contributed by atoms with Crippen LogP contribution < -0.4 is 5.32 Å². The number of rotatable bonds is 3. The summed E-state index contributed by atoms with van der Waals surface area (Å²) in [6, 6.07) is 1.06. The van der Waals surface area contributed by atoms with Gasteiger partial charge < -0.3 is 5.32 Å². The summed E-state index contributed by atoms with van der Waals surface area (Å²) in [5.41, 5.74) is 0.